The summed E-state index contributed by atoms with van der Waals surface area (Å²) in [6, 6.07) is 2.73. The number of nitrogens with zero attached hydrogens (tertiary/aromatic N) is 3. The molecule has 0 aromatic heterocycles. The van der Waals surface area contributed by atoms with Gasteiger partial charge in [-0.15, -0.1) is 0 Å². The van der Waals surface area contributed by atoms with Gasteiger partial charge in [-0.2, -0.15) is 9.57 Å². The first kappa shape index (κ1) is 12.8. The molecule has 1 aliphatic carbocycles. The SMILES string of the molecule is CS(=O)(=O)N1CCN(C2CCCC2C#N)CC1. The normalized spacial score (nSPS) is 32.5. The lowest BCUT2D eigenvalue weighted by atomic mass is 10.0. The Balaban J connectivity index is 1.94. The Bertz CT molecular complexity index is 407. The van der Waals surface area contributed by atoms with E-state index in [2.05, 4.69) is 11.0 Å². The maximum atomic E-state index is 11.4. The fourth-order valence-corrected chi connectivity index (χ4v) is 3.72. The molecule has 0 N–H and O–H groups in total. The molecule has 6 heteroatoms. The van der Waals surface area contributed by atoms with Gasteiger partial charge < -0.3 is 0 Å². The van der Waals surface area contributed by atoms with E-state index in [1.165, 1.54) is 10.6 Å². The molecule has 2 aliphatic rings. The number of sulfonamides is 1. The Hall–Kier alpha value is -0.640. The monoisotopic (exact) mass is 257 g/mol. The van der Waals surface area contributed by atoms with Gasteiger partial charge in [-0.25, -0.2) is 8.42 Å². The lowest BCUT2D eigenvalue weighted by Gasteiger charge is -2.37. The molecule has 96 valence electrons. The van der Waals surface area contributed by atoms with Crippen LogP contribution in [0.5, 0.6) is 0 Å². The maximum Gasteiger partial charge on any atom is 0.211 e. The minimum Gasteiger partial charge on any atom is -0.296 e. The van der Waals surface area contributed by atoms with E-state index < -0.39 is 10.0 Å². The highest BCUT2D eigenvalue weighted by Crippen LogP contribution is 2.30. The van der Waals surface area contributed by atoms with Crippen LogP contribution in [-0.4, -0.2) is 56.1 Å². The topological polar surface area (TPSA) is 64.4 Å². The molecule has 2 rings (SSSR count). The highest BCUT2D eigenvalue weighted by atomic mass is 32.2. The Labute approximate surface area is 103 Å². The molecular weight excluding hydrogens is 238 g/mol. The van der Waals surface area contributed by atoms with Gasteiger partial charge in [-0.1, -0.05) is 6.42 Å². The number of rotatable bonds is 2. The zero-order valence-corrected chi connectivity index (χ0v) is 11.0. The molecular formula is C11H19N3O2S. The second kappa shape index (κ2) is 4.92. The van der Waals surface area contributed by atoms with Crippen molar-refractivity contribution in [1.82, 2.24) is 9.21 Å². The van der Waals surface area contributed by atoms with Crippen molar-refractivity contribution in [2.24, 2.45) is 5.92 Å². The summed E-state index contributed by atoms with van der Waals surface area (Å²) < 4.78 is 24.3. The van der Waals surface area contributed by atoms with Gasteiger partial charge in [0.1, 0.15) is 0 Å². The largest absolute Gasteiger partial charge is 0.296 e. The van der Waals surface area contributed by atoms with Crippen molar-refractivity contribution in [1.29, 1.82) is 5.26 Å². The third kappa shape index (κ3) is 2.79. The van der Waals surface area contributed by atoms with Crippen LogP contribution in [0.2, 0.25) is 0 Å². The van der Waals surface area contributed by atoms with Crippen molar-refractivity contribution in [3.8, 4) is 6.07 Å². The average Bonchev–Trinajstić information content (AvgIpc) is 2.76. The molecule has 0 radical (unpaired) electrons. The van der Waals surface area contributed by atoms with E-state index in [4.69, 9.17) is 5.26 Å². The van der Waals surface area contributed by atoms with E-state index in [0.29, 0.717) is 19.1 Å². The van der Waals surface area contributed by atoms with Crippen LogP contribution in [-0.2, 0) is 10.0 Å². The molecule has 1 heterocycles. The van der Waals surface area contributed by atoms with Crippen molar-refractivity contribution < 1.29 is 8.42 Å². The van der Waals surface area contributed by atoms with E-state index in [1.807, 2.05) is 0 Å². The Morgan fingerprint density at radius 1 is 1.18 bits per heavy atom. The van der Waals surface area contributed by atoms with Gasteiger partial charge in [-0.3, -0.25) is 4.90 Å². The van der Waals surface area contributed by atoms with Crippen LogP contribution >= 0.6 is 0 Å². The van der Waals surface area contributed by atoms with Crippen LogP contribution in [0.3, 0.4) is 0 Å². The standard InChI is InChI=1S/C11H19N3O2S/c1-17(15,16)14-7-5-13(6-8-14)11-4-2-3-10(11)9-12/h10-11H,2-8H2,1H3. The molecule has 0 amide bonds. The van der Waals surface area contributed by atoms with Crippen molar-refractivity contribution in [2.45, 2.75) is 25.3 Å². The third-order valence-electron chi connectivity index (χ3n) is 3.86. The molecule has 2 fully saturated rings. The molecule has 1 saturated carbocycles. The zero-order valence-electron chi connectivity index (χ0n) is 10.2. The Morgan fingerprint density at radius 2 is 1.82 bits per heavy atom. The van der Waals surface area contributed by atoms with Crippen molar-refractivity contribution in [3.05, 3.63) is 0 Å². The fourth-order valence-electron chi connectivity index (χ4n) is 2.89. The molecule has 1 saturated heterocycles. The minimum absolute atomic E-state index is 0.139. The van der Waals surface area contributed by atoms with E-state index >= 15 is 0 Å². The molecule has 17 heavy (non-hydrogen) atoms. The van der Waals surface area contributed by atoms with E-state index in [9.17, 15) is 8.42 Å². The summed E-state index contributed by atoms with van der Waals surface area (Å²) in [5.41, 5.74) is 0. The summed E-state index contributed by atoms with van der Waals surface area (Å²) in [6.45, 7) is 2.65. The highest BCUT2D eigenvalue weighted by molar-refractivity contribution is 7.88. The van der Waals surface area contributed by atoms with E-state index in [1.54, 1.807) is 0 Å². The molecule has 0 spiro atoms. The van der Waals surface area contributed by atoms with Gasteiger partial charge in [0.2, 0.25) is 10.0 Å². The molecule has 0 aromatic carbocycles. The van der Waals surface area contributed by atoms with Crippen LogP contribution in [0.4, 0.5) is 0 Å². The molecule has 1 aliphatic heterocycles. The summed E-state index contributed by atoms with van der Waals surface area (Å²) >= 11 is 0. The smallest absolute Gasteiger partial charge is 0.211 e. The average molecular weight is 257 g/mol. The fraction of sp³-hybridized carbons (Fsp3) is 0.909. The first-order chi connectivity index (χ1) is 8.02. The molecule has 0 bridgehead atoms. The summed E-state index contributed by atoms with van der Waals surface area (Å²) in [5.74, 6) is 0.139. The Morgan fingerprint density at radius 3 is 2.35 bits per heavy atom. The number of nitriles is 1. The van der Waals surface area contributed by atoms with Gasteiger partial charge in [0, 0.05) is 32.2 Å². The minimum atomic E-state index is -3.05. The zero-order chi connectivity index (χ0) is 12.5. The molecule has 0 aromatic rings. The summed E-state index contributed by atoms with van der Waals surface area (Å²) in [4.78, 5) is 2.29. The lowest BCUT2D eigenvalue weighted by Crippen LogP contribution is -2.52. The predicted molar refractivity (Wildman–Crippen MR) is 64.7 cm³/mol. The first-order valence-electron chi connectivity index (χ1n) is 6.11. The molecule has 2 unspecified atom stereocenters. The number of hydrogen-bond donors (Lipinski definition) is 0. The van der Waals surface area contributed by atoms with Crippen molar-refractivity contribution in [3.63, 3.8) is 0 Å². The molecule has 2 atom stereocenters. The van der Waals surface area contributed by atoms with Crippen LogP contribution in [0.1, 0.15) is 19.3 Å². The van der Waals surface area contributed by atoms with Gasteiger partial charge in [0.05, 0.1) is 18.2 Å². The van der Waals surface area contributed by atoms with Crippen LogP contribution < -0.4 is 0 Å². The van der Waals surface area contributed by atoms with Crippen LogP contribution in [0.25, 0.3) is 0 Å². The summed E-state index contributed by atoms with van der Waals surface area (Å²) in [6.07, 6.45) is 4.45. The van der Waals surface area contributed by atoms with Gasteiger partial charge in [-0.05, 0) is 12.8 Å². The second-order valence-electron chi connectivity index (χ2n) is 4.93. The van der Waals surface area contributed by atoms with Gasteiger partial charge in [0.25, 0.3) is 0 Å². The third-order valence-corrected chi connectivity index (χ3v) is 5.16. The van der Waals surface area contributed by atoms with E-state index in [0.717, 1.165) is 32.4 Å². The van der Waals surface area contributed by atoms with Gasteiger partial charge in [0.15, 0.2) is 0 Å². The maximum absolute atomic E-state index is 11.4. The highest BCUT2D eigenvalue weighted by Gasteiger charge is 2.34. The van der Waals surface area contributed by atoms with Crippen molar-refractivity contribution in [2.75, 3.05) is 32.4 Å². The van der Waals surface area contributed by atoms with Crippen LogP contribution in [0, 0.1) is 17.2 Å². The molecule has 5 nitrogen and oxygen atoms in total. The summed E-state index contributed by atoms with van der Waals surface area (Å²) in [5, 5.41) is 9.07. The number of hydrogen-bond acceptors (Lipinski definition) is 4. The van der Waals surface area contributed by atoms with Crippen LogP contribution in [0.15, 0.2) is 0 Å². The Kier molecular flexibility index (Phi) is 3.71. The second-order valence-corrected chi connectivity index (χ2v) is 6.91. The first-order valence-corrected chi connectivity index (χ1v) is 7.96. The lowest BCUT2D eigenvalue weighted by molar-refractivity contribution is 0.125. The van der Waals surface area contributed by atoms with E-state index in [-0.39, 0.29) is 5.92 Å². The van der Waals surface area contributed by atoms with Crippen molar-refractivity contribution >= 4 is 10.0 Å². The summed E-state index contributed by atoms with van der Waals surface area (Å²) in [7, 11) is -3.05. The quantitative estimate of drug-likeness (QED) is 0.711. The van der Waals surface area contributed by atoms with Gasteiger partial charge >= 0.3 is 0 Å². The predicted octanol–water partition coefficient (Wildman–Crippen LogP) is 0.256. The number of piperazine rings is 1.